The number of carbonyl (C=O) groups excluding carboxylic acids is 1. The van der Waals surface area contributed by atoms with Crippen LogP contribution in [0.1, 0.15) is 48.0 Å². The van der Waals surface area contributed by atoms with Crippen LogP contribution in [-0.4, -0.2) is 11.9 Å². The normalized spacial score (nSPS) is 15.0. The van der Waals surface area contributed by atoms with E-state index in [1.165, 1.54) is 19.3 Å². The lowest BCUT2D eigenvalue weighted by Gasteiger charge is -2.22. The van der Waals surface area contributed by atoms with Gasteiger partial charge < -0.3 is 10.1 Å². The van der Waals surface area contributed by atoms with Gasteiger partial charge in [0.15, 0.2) is 0 Å². The van der Waals surface area contributed by atoms with Crippen molar-refractivity contribution in [2.75, 3.05) is 0 Å². The van der Waals surface area contributed by atoms with Crippen LogP contribution in [-0.2, 0) is 6.61 Å². The lowest BCUT2D eigenvalue weighted by molar-refractivity contribution is 0.0927. The highest BCUT2D eigenvalue weighted by Gasteiger charge is 2.16. The second-order valence-corrected chi connectivity index (χ2v) is 6.63. The molecule has 0 aromatic heterocycles. The maximum absolute atomic E-state index is 12.3. The first kappa shape index (κ1) is 16.8. The van der Waals surface area contributed by atoms with Crippen molar-refractivity contribution in [2.24, 2.45) is 0 Å². The Morgan fingerprint density at radius 3 is 2.46 bits per heavy atom. The fourth-order valence-electron chi connectivity index (χ4n) is 2.99. The van der Waals surface area contributed by atoms with E-state index in [2.05, 4.69) is 5.32 Å². The summed E-state index contributed by atoms with van der Waals surface area (Å²) in [7, 11) is 0. The summed E-state index contributed by atoms with van der Waals surface area (Å²) in [6, 6.07) is 15.3. The molecule has 1 aliphatic rings. The maximum Gasteiger partial charge on any atom is 0.251 e. The lowest BCUT2D eigenvalue weighted by Crippen LogP contribution is -2.36. The SMILES string of the molecule is O=C(NC1CCCCC1)c1ccc(COc2ccccc2Cl)cc1. The fraction of sp³-hybridized carbons (Fsp3) is 0.350. The molecule has 0 heterocycles. The predicted octanol–water partition coefficient (Wildman–Crippen LogP) is 4.98. The Labute approximate surface area is 148 Å². The minimum atomic E-state index is 0.0143. The van der Waals surface area contributed by atoms with Crippen molar-refractivity contribution in [2.45, 2.75) is 44.8 Å². The Hall–Kier alpha value is -2.00. The summed E-state index contributed by atoms with van der Waals surface area (Å²) >= 11 is 6.07. The lowest BCUT2D eigenvalue weighted by atomic mass is 9.95. The fourth-order valence-corrected chi connectivity index (χ4v) is 3.18. The van der Waals surface area contributed by atoms with Gasteiger partial charge in [-0.15, -0.1) is 0 Å². The van der Waals surface area contributed by atoms with Crippen LogP contribution in [0.2, 0.25) is 5.02 Å². The van der Waals surface area contributed by atoms with Gasteiger partial charge in [0.1, 0.15) is 12.4 Å². The van der Waals surface area contributed by atoms with Gasteiger partial charge in [0, 0.05) is 11.6 Å². The molecule has 2 aromatic rings. The van der Waals surface area contributed by atoms with Gasteiger partial charge in [-0.2, -0.15) is 0 Å². The second-order valence-electron chi connectivity index (χ2n) is 6.22. The van der Waals surface area contributed by atoms with E-state index in [4.69, 9.17) is 16.3 Å². The molecule has 24 heavy (non-hydrogen) atoms. The number of hydrogen-bond donors (Lipinski definition) is 1. The smallest absolute Gasteiger partial charge is 0.251 e. The average Bonchev–Trinajstić information content (AvgIpc) is 2.62. The van der Waals surface area contributed by atoms with Crippen LogP contribution in [0.25, 0.3) is 0 Å². The molecule has 0 spiro atoms. The topological polar surface area (TPSA) is 38.3 Å². The number of amides is 1. The monoisotopic (exact) mass is 343 g/mol. The van der Waals surface area contributed by atoms with E-state index in [1.807, 2.05) is 42.5 Å². The molecule has 0 bridgehead atoms. The molecule has 3 rings (SSSR count). The largest absolute Gasteiger partial charge is 0.487 e. The van der Waals surface area contributed by atoms with Gasteiger partial charge in [-0.1, -0.05) is 55.1 Å². The van der Waals surface area contributed by atoms with E-state index in [-0.39, 0.29) is 5.91 Å². The Kier molecular flexibility index (Phi) is 5.76. The van der Waals surface area contributed by atoms with Crippen LogP contribution in [0.3, 0.4) is 0 Å². The van der Waals surface area contributed by atoms with Crippen LogP contribution in [0, 0.1) is 0 Å². The Morgan fingerprint density at radius 2 is 1.75 bits per heavy atom. The molecule has 2 aromatic carbocycles. The zero-order valence-corrected chi connectivity index (χ0v) is 14.4. The number of halogens is 1. The quantitative estimate of drug-likeness (QED) is 0.831. The van der Waals surface area contributed by atoms with Crippen molar-refractivity contribution in [3.63, 3.8) is 0 Å². The Bertz CT molecular complexity index is 678. The first-order valence-electron chi connectivity index (χ1n) is 8.49. The van der Waals surface area contributed by atoms with E-state index >= 15 is 0 Å². The average molecular weight is 344 g/mol. The van der Waals surface area contributed by atoms with Crippen molar-refractivity contribution in [1.82, 2.24) is 5.32 Å². The zero-order valence-electron chi connectivity index (χ0n) is 13.6. The number of ether oxygens (including phenoxy) is 1. The highest BCUT2D eigenvalue weighted by molar-refractivity contribution is 6.32. The summed E-state index contributed by atoms with van der Waals surface area (Å²) in [6.45, 7) is 0.425. The van der Waals surface area contributed by atoms with E-state index in [0.29, 0.717) is 29.0 Å². The van der Waals surface area contributed by atoms with E-state index in [9.17, 15) is 4.79 Å². The molecular formula is C20H22ClNO2. The first-order chi connectivity index (χ1) is 11.7. The van der Waals surface area contributed by atoms with Crippen LogP contribution in [0.15, 0.2) is 48.5 Å². The highest BCUT2D eigenvalue weighted by atomic mass is 35.5. The summed E-state index contributed by atoms with van der Waals surface area (Å²) in [4.78, 5) is 12.3. The minimum absolute atomic E-state index is 0.0143. The van der Waals surface area contributed by atoms with Crippen LogP contribution in [0.5, 0.6) is 5.75 Å². The van der Waals surface area contributed by atoms with Crippen LogP contribution >= 0.6 is 11.6 Å². The van der Waals surface area contributed by atoms with Gasteiger partial charge in [0.25, 0.3) is 5.91 Å². The molecule has 0 atom stereocenters. The summed E-state index contributed by atoms with van der Waals surface area (Å²) < 4.78 is 5.71. The van der Waals surface area contributed by atoms with Gasteiger partial charge in [-0.3, -0.25) is 4.79 Å². The summed E-state index contributed by atoms with van der Waals surface area (Å²) in [5.74, 6) is 0.679. The number of carbonyl (C=O) groups is 1. The number of rotatable bonds is 5. The third-order valence-electron chi connectivity index (χ3n) is 4.39. The Morgan fingerprint density at radius 1 is 1.04 bits per heavy atom. The molecule has 1 amide bonds. The molecule has 3 nitrogen and oxygen atoms in total. The first-order valence-corrected chi connectivity index (χ1v) is 8.87. The number of benzene rings is 2. The standard InChI is InChI=1S/C20H22ClNO2/c21-18-8-4-5-9-19(18)24-14-15-10-12-16(13-11-15)20(23)22-17-6-2-1-3-7-17/h4-5,8-13,17H,1-3,6-7,14H2,(H,22,23). The zero-order chi connectivity index (χ0) is 16.8. The molecule has 0 radical (unpaired) electrons. The number of hydrogen-bond acceptors (Lipinski definition) is 2. The number of nitrogens with one attached hydrogen (secondary N) is 1. The minimum Gasteiger partial charge on any atom is -0.487 e. The summed E-state index contributed by atoms with van der Waals surface area (Å²) in [5.41, 5.74) is 1.70. The molecule has 126 valence electrons. The van der Waals surface area contributed by atoms with Gasteiger partial charge in [-0.05, 0) is 42.7 Å². The Balaban J connectivity index is 1.54. The predicted molar refractivity (Wildman–Crippen MR) is 96.6 cm³/mol. The molecule has 0 aliphatic heterocycles. The van der Waals surface area contributed by atoms with Crippen molar-refractivity contribution in [3.05, 3.63) is 64.7 Å². The third-order valence-corrected chi connectivity index (χ3v) is 4.70. The maximum atomic E-state index is 12.3. The summed E-state index contributed by atoms with van der Waals surface area (Å²) in [5, 5.41) is 3.73. The van der Waals surface area contributed by atoms with Gasteiger partial charge >= 0.3 is 0 Å². The molecule has 1 saturated carbocycles. The van der Waals surface area contributed by atoms with E-state index in [0.717, 1.165) is 18.4 Å². The molecule has 4 heteroatoms. The molecule has 1 aliphatic carbocycles. The van der Waals surface area contributed by atoms with Crippen molar-refractivity contribution in [3.8, 4) is 5.75 Å². The molecule has 1 fully saturated rings. The van der Waals surface area contributed by atoms with Gasteiger partial charge in [0.2, 0.25) is 0 Å². The van der Waals surface area contributed by atoms with Gasteiger partial charge in [0.05, 0.1) is 5.02 Å². The molecule has 1 N–H and O–H groups in total. The number of para-hydroxylation sites is 1. The van der Waals surface area contributed by atoms with Crippen LogP contribution in [0.4, 0.5) is 0 Å². The third kappa shape index (κ3) is 4.51. The van der Waals surface area contributed by atoms with Crippen molar-refractivity contribution in [1.29, 1.82) is 0 Å². The van der Waals surface area contributed by atoms with E-state index in [1.54, 1.807) is 6.07 Å². The van der Waals surface area contributed by atoms with Gasteiger partial charge in [-0.25, -0.2) is 0 Å². The molecule has 0 unspecified atom stereocenters. The summed E-state index contributed by atoms with van der Waals surface area (Å²) in [6.07, 6.45) is 5.89. The van der Waals surface area contributed by atoms with E-state index < -0.39 is 0 Å². The molecule has 0 saturated heterocycles. The van der Waals surface area contributed by atoms with Crippen molar-refractivity contribution < 1.29 is 9.53 Å². The second kappa shape index (κ2) is 8.20. The van der Waals surface area contributed by atoms with Crippen molar-refractivity contribution >= 4 is 17.5 Å². The molecular weight excluding hydrogens is 322 g/mol. The van der Waals surface area contributed by atoms with Crippen LogP contribution < -0.4 is 10.1 Å². The highest BCUT2D eigenvalue weighted by Crippen LogP contribution is 2.24.